The highest BCUT2D eigenvalue weighted by Crippen LogP contribution is 2.09. The standard InChI is InChI=1S/C15H22N2O4/c1-15(2,3)21-14(20)17-12(13(18)19)6-4-5-11-7-9-16-10-8-11/h7-10,12H,4-6H2,1-3H3,(H,17,20)(H,18,19)/t12-/m0/s1. The van der Waals surface area contributed by atoms with Gasteiger partial charge in [0.1, 0.15) is 11.6 Å². The molecule has 1 aromatic heterocycles. The number of aromatic nitrogens is 1. The second kappa shape index (κ2) is 7.61. The van der Waals surface area contributed by atoms with Crippen molar-refractivity contribution >= 4 is 12.1 Å². The van der Waals surface area contributed by atoms with Gasteiger partial charge in [0.15, 0.2) is 0 Å². The van der Waals surface area contributed by atoms with Gasteiger partial charge < -0.3 is 15.2 Å². The van der Waals surface area contributed by atoms with Gasteiger partial charge in [0.2, 0.25) is 0 Å². The zero-order valence-electron chi connectivity index (χ0n) is 12.6. The highest BCUT2D eigenvalue weighted by molar-refractivity contribution is 5.79. The number of alkyl carbamates (subject to hydrolysis) is 1. The molecule has 0 aliphatic carbocycles. The van der Waals surface area contributed by atoms with Crippen LogP contribution in [-0.2, 0) is 16.0 Å². The van der Waals surface area contributed by atoms with Gasteiger partial charge >= 0.3 is 12.1 Å². The molecule has 1 amide bonds. The number of nitrogens with zero attached hydrogens (tertiary/aromatic N) is 1. The number of hydrogen-bond acceptors (Lipinski definition) is 4. The molecule has 21 heavy (non-hydrogen) atoms. The molecule has 116 valence electrons. The normalized spacial score (nSPS) is 12.5. The van der Waals surface area contributed by atoms with Crippen LogP contribution in [0.4, 0.5) is 4.79 Å². The molecule has 0 fully saturated rings. The first-order valence-corrected chi connectivity index (χ1v) is 6.89. The number of amides is 1. The third-order valence-electron chi connectivity index (χ3n) is 2.70. The Morgan fingerprint density at radius 1 is 1.33 bits per heavy atom. The summed E-state index contributed by atoms with van der Waals surface area (Å²) in [5.74, 6) is -1.06. The monoisotopic (exact) mass is 294 g/mol. The van der Waals surface area contributed by atoms with Gasteiger partial charge in [0.25, 0.3) is 0 Å². The minimum Gasteiger partial charge on any atom is -0.480 e. The average Bonchev–Trinajstić information content (AvgIpc) is 2.36. The Balaban J connectivity index is 2.43. The molecule has 1 aromatic rings. The summed E-state index contributed by atoms with van der Waals surface area (Å²) in [7, 11) is 0. The molecule has 0 aliphatic rings. The first-order valence-electron chi connectivity index (χ1n) is 6.89. The molecule has 0 bridgehead atoms. The third-order valence-corrected chi connectivity index (χ3v) is 2.70. The van der Waals surface area contributed by atoms with Crippen LogP contribution in [-0.4, -0.2) is 33.8 Å². The molecule has 6 nitrogen and oxygen atoms in total. The van der Waals surface area contributed by atoms with Crippen molar-refractivity contribution < 1.29 is 19.4 Å². The molecule has 1 heterocycles. The Bertz CT molecular complexity index is 468. The minimum absolute atomic E-state index is 0.344. The first-order chi connectivity index (χ1) is 9.78. The summed E-state index contributed by atoms with van der Waals surface area (Å²) in [6.45, 7) is 5.18. The van der Waals surface area contributed by atoms with E-state index in [0.717, 1.165) is 12.0 Å². The Morgan fingerprint density at radius 2 is 1.95 bits per heavy atom. The minimum atomic E-state index is -1.06. The van der Waals surface area contributed by atoms with Crippen LogP contribution in [0.3, 0.4) is 0 Å². The van der Waals surface area contributed by atoms with Crippen LogP contribution in [0.1, 0.15) is 39.2 Å². The van der Waals surface area contributed by atoms with Gasteiger partial charge in [-0.15, -0.1) is 0 Å². The first kappa shape index (κ1) is 16.9. The van der Waals surface area contributed by atoms with Crippen LogP contribution in [0.25, 0.3) is 0 Å². The Kier molecular flexibility index (Phi) is 6.14. The molecule has 1 rings (SSSR count). The summed E-state index contributed by atoms with van der Waals surface area (Å²) in [5, 5.41) is 11.5. The number of carbonyl (C=O) groups excluding carboxylic acids is 1. The lowest BCUT2D eigenvalue weighted by atomic mass is 10.1. The van der Waals surface area contributed by atoms with E-state index in [2.05, 4.69) is 10.3 Å². The number of aryl methyl sites for hydroxylation is 1. The quantitative estimate of drug-likeness (QED) is 0.841. The molecular formula is C15H22N2O4. The molecular weight excluding hydrogens is 272 g/mol. The van der Waals surface area contributed by atoms with Gasteiger partial charge in [-0.25, -0.2) is 9.59 Å². The van der Waals surface area contributed by atoms with E-state index in [0.29, 0.717) is 12.8 Å². The van der Waals surface area contributed by atoms with Crippen molar-refractivity contribution in [2.75, 3.05) is 0 Å². The van der Waals surface area contributed by atoms with Crippen LogP contribution < -0.4 is 5.32 Å². The van der Waals surface area contributed by atoms with E-state index in [-0.39, 0.29) is 0 Å². The number of pyridine rings is 1. The SMILES string of the molecule is CC(C)(C)OC(=O)N[C@@H](CCCc1ccncc1)C(=O)O. The van der Waals surface area contributed by atoms with Gasteiger partial charge in [-0.1, -0.05) is 0 Å². The van der Waals surface area contributed by atoms with Crippen molar-refractivity contribution in [3.05, 3.63) is 30.1 Å². The predicted molar refractivity (Wildman–Crippen MR) is 78.0 cm³/mol. The highest BCUT2D eigenvalue weighted by Gasteiger charge is 2.23. The largest absolute Gasteiger partial charge is 0.480 e. The highest BCUT2D eigenvalue weighted by atomic mass is 16.6. The van der Waals surface area contributed by atoms with Crippen LogP contribution in [0.15, 0.2) is 24.5 Å². The maximum absolute atomic E-state index is 11.6. The predicted octanol–water partition coefficient (Wildman–Crippen LogP) is 2.38. The van der Waals surface area contributed by atoms with Crippen molar-refractivity contribution in [1.29, 1.82) is 0 Å². The van der Waals surface area contributed by atoms with Crippen molar-refractivity contribution in [2.24, 2.45) is 0 Å². The summed E-state index contributed by atoms with van der Waals surface area (Å²) >= 11 is 0. The Labute approximate surface area is 124 Å². The molecule has 0 saturated heterocycles. The zero-order valence-corrected chi connectivity index (χ0v) is 12.6. The fraction of sp³-hybridized carbons (Fsp3) is 0.533. The summed E-state index contributed by atoms with van der Waals surface area (Å²) in [6, 6.07) is 2.83. The van der Waals surface area contributed by atoms with Gasteiger partial charge in [-0.2, -0.15) is 0 Å². The summed E-state index contributed by atoms with van der Waals surface area (Å²) in [6.07, 6.45) is 4.42. The number of hydrogen-bond donors (Lipinski definition) is 2. The molecule has 2 N–H and O–H groups in total. The molecule has 1 atom stereocenters. The summed E-state index contributed by atoms with van der Waals surface area (Å²) in [4.78, 5) is 26.7. The van der Waals surface area contributed by atoms with E-state index in [1.54, 1.807) is 33.2 Å². The Hall–Kier alpha value is -2.11. The number of rotatable bonds is 6. The zero-order chi connectivity index (χ0) is 15.9. The van der Waals surface area contributed by atoms with Crippen molar-refractivity contribution in [3.63, 3.8) is 0 Å². The fourth-order valence-electron chi connectivity index (χ4n) is 1.77. The van der Waals surface area contributed by atoms with E-state index >= 15 is 0 Å². The topological polar surface area (TPSA) is 88.5 Å². The molecule has 0 saturated carbocycles. The van der Waals surface area contributed by atoms with Crippen molar-refractivity contribution in [3.8, 4) is 0 Å². The van der Waals surface area contributed by atoms with E-state index in [9.17, 15) is 9.59 Å². The number of carboxylic acids is 1. The fourth-order valence-corrected chi connectivity index (χ4v) is 1.77. The lowest BCUT2D eigenvalue weighted by Crippen LogP contribution is -2.43. The van der Waals surface area contributed by atoms with E-state index < -0.39 is 23.7 Å². The number of aliphatic carboxylic acids is 1. The van der Waals surface area contributed by atoms with Gasteiger partial charge in [0, 0.05) is 12.4 Å². The van der Waals surface area contributed by atoms with E-state index in [1.165, 1.54) is 0 Å². The smallest absolute Gasteiger partial charge is 0.408 e. The molecule has 0 unspecified atom stereocenters. The lowest BCUT2D eigenvalue weighted by Gasteiger charge is -2.22. The molecule has 0 spiro atoms. The molecule has 0 radical (unpaired) electrons. The second-order valence-corrected chi connectivity index (χ2v) is 5.78. The van der Waals surface area contributed by atoms with Crippen LogP contribution >= 0.6 is 0 Å². The van der Waals surface area contributed by atoms with Crippen LogP contribution in [0.5, 0.6) is 0 Å². The maximum atomic E-state index is 11.6. The lowest BCUT2D eigenvalue weighted by molar-refractivity contribution is -0.139. The van der Waals surface area contributed by atoms with Gasteiger partial charge in [0.05, 0.1) is 0 Å². The van der Waals surface area contributed by atoms with E-state index in [4.69, 9.17) is 9.84 Å². The molecule has 0 aromatic carbocycles. The number of ether oxygens (including phenoxy) is 1. The maximum Gasteiger partial charge on any atom is 0.408 e. The summed E-state index contributed by atoms with van der Waals surface area (Å²) < 4.78 is 5.06. The van der Waals surface area contributed by atoms with Gasteiger partial charge in [-0.05, 0) is 57.7 Å². The number of nitrogens with one attached hydrogen (secondary N) is 1. The Morgan fingerprint density at radius 3 is 2.48 bits per heavy atom. The molecule has 6 heteroatoms. The number of carboxylic acid groups (broad SMARTS) is 1. The van der Waals surface area contributed by atoms with Crippen LogP contribution in [0, 0.1) is 0 Å². The number of carbonyl (C=O) groups is 2. The van der Waals surface area contributed by atoms with Gasteiger partial charge in [-0.3, -0.25) is 4.98 Å². The average molecular weight is 294 g/mol. The van der Waals surface area contributed by atoms with Crippen LogP contribution in [0.2, 0.25) is 0 Å². The molecule has 0 aliphatic heterocycles. The summed E-state index contributed by atoms with van der Waals surface area (Å²) in [5.41, 5.74) is 0.441. The van der Waals surface area contributed by atoms with Crippen molar-refractivity contribution in [1.82, 2.24) is 10.3 Å². The second-order valence-electron chi connectivity index (χ2n) is 5.78. The van der Waals surface area contributed by atoms with Crippen molar-refractivity contribution in [2.45, 2.75) is 51.7 Å². The van der Waals surface area contributed by atoms with E-state index in [1.807, 2.05) is 12.1 Å². The third kappa shape index (κ3) is 7.29.